The van der Waals surface area contributed by atoms with Crippen molar-refractivity contribution in [1.82, 2.24) is 4.90 Å². The average Bonchev–Trinajstić information content (AvgIpc) is 2.67. The molecular formula is C15H21NOS. The number of nitrogens with zero attached hydrogens (tertiary/aromatic N) is 1. The molecular weight excluding hydrogens is 242 g/mol. The maximum atomic E-state index is 12.4. The molecule has 0 aromatic heterocycles. The number of fused-ring (bicyclic) bond motifs is 1. The van der Waals surface area contributed by atoms with E-state index in [4.69, 9.17) is 0 Å². The van der Waals surface area contributed by atoms with Gasteiger partial charge in [-0.1, -0.05) is 38.5 Å². The normalized spacial score (nSPS) is 18.2. The Balaban J connectivity index is 2.22. The van der Waals surface area contributed by atoms with Crippen LogP contribution in [0.3, 0.4) is 0 Å². The van der Waals surface area contributed by atoms with Crippen LogP contribution in [0.15, 0.2) is 24.3 Å². The maximum absolute atomic E-state index is 12.4. The fraction of sp³-hybridized carbons (Fsp3) is 0.533. The van der Waals surface area contributed by atoms with Crippen LogP contribution in [0.2, 0.25) is 0 Å². The van der Waals surface area contributed by atoms with E-state index in [0.717, 1.165) is 37.1 Å². The summed E-state index contributed by atoms with van der Waals surface area (Å²) in [6.45, 7) is 5.24. The average molecular weight is 263 g/mol. The van der Waals surface area contributed by atoms with Crippen molar-refractivity contribution in [2.45, 2.75) is 38.5 Å². The van der Waals surface area contributed by atoms with Crippen molar-refractivity contribution >= 4 is 17.7 Å². The Hall–Kier alpha value is -0.960. The standard InChI is InChI=1S/C15H21NOS/c1-3-5-10-16-14(17)12-8-6-7-9-13(12)15(16)18-11-4-2/h6-9,15H,3-5,10-11H2,1-2H3/t15-/m0/s1. The van der Waals surface area contributed by atoms with E-state index in [1.54, 1.807) is 0 Å². The minimum absolute atomic E-state index is 0.215. The van der Waals surface area contributed by atoms with Gasteiger partial charge >= 0.3 is 0 Å². The van der Waals surface area contributed by atoms with Gasteiger partial charge in [-0.25, -0.2) is 0 Å². The Morgan fingerprint density at radius 1 is 1.22 bits per heavy atom. The Kier molecular flexibility index (Phi) is 4.70. The number of benzene rings is 1. The minimum atomic E-state index is 0.215. The van der Waals surface area contributed by atoms with Crippen LogP contribution >= 0.6 is 11.8 Å². The minimum Gasteiger partial charge on any atom is -0.322 e. The quantitative estimate of drug-likeness (QED) is 0.770. The predicted molar refractivity (Wildman–Crippen MR) is 77.9 cm³/mol. The van der Waals surface area contributed by atoms with Gasteiger partial charge in [-0.05, 0) is 30.2 Å². The first-order valence-corrected chi connectivity index (χ1v) is 7.86. The van der Waals surface area contributed by atoms with Crippen LogP contribution in [0.25, 0.3) is 0 Å². The van der Waals surface area contributed by atoms with Gasteiger partial charge in [-0.15, -0.1) is 11.8 Å². The number of carbonyl (C=O) groups excluding carboxylic acids is 1. The van der Waals surface area contributed by atoms with Crippen LogP contribution in [0.4, 0.5) is 0 Å². The van der Waals surface area contributed by atoms with Crippen molar-refractivity contribution in [3.8, 4) is 0 Å². The molecule has 1 heterocycles. The molecule has 98 valence electrons. The van der Waals surface area contributed by atoms with Crippen LogP contribution < -0.4 is 0 Å². The van der Waals surface area contributed by atoms with Crippen molar-refractivity contribution in [3.63, 3.8) is 0 Å². The number of unbranched alkanes of at least 4 members (excludes halogenated alkanes) is 1. The molecule has 1 aromatic carbocycles. The van der Waals surface area contributed by atoms with Crippen molar-refractivity contribution in [3.05, 3.63) is 35.4 Å². The molecule has 0 spiro atoms. The van der Waals surface area contributed by atoms with Crippen LogP contribution in [0.1, 0.15) is 54.4 Å². The molecule has 0 aliphatic carbocycles. The zero-order chi connectivity index (χ0) is 13.0. The SMILES string of the molecule is CCCCN1C(=O)c2ccccc2[C@@H]1SCCC. The van der Waals surface area contributed by atoms with Crippen LogP contribution in [-0.2, 0) is 0 Å². The molecule has 3 heteroatoms. The summed E-state index contributed by atoms with van der Waals surface area (Å²) in [4.78, 5) is 14.4. The fourth-order valence-corrected chi connectivity index (χ4v) is 3.52. The molecule has 0 bridgehead atoms. The zero-order valence-corrected chi connectivity index (χ0v) is 12.0. The zero-order valence-electron chi connectivity index (χ0n) is 11.2. The molecule has 1 aliphatic rings. The van der Waals surface area contributed by atoms with Crippen LogP contribution in [-0.4, -0.2) is 23.1 Å². The highest BCUT2D eigenvalue weighted by atomic mass is 32.2. The summed E-state index contributed by atoms with van der Waals surface area (Å²) in [6.07, 6.45) is 3.37. The molecule has 0 radical (unpaired) electrons. The lowest BCUT2D eigenvalue weighted by atomic mass is 10.1. The van der Waals surface area contributed by atoms with Gasteiger partial charge in [0, 0.05) is 12.1 Å². The fourth-order valence-electron chi connectivity index (χ4n) is 2.29. The van der Waals surface area contributed by atoms with E-state index in [2.05, 4.69) is 24.8 Å². The lowest BCUT2D eigenvalue weighted by Crippen LogP contribution is -2.27. The Bertz CT molecular complexity index is 419. The molecule has 0 fully saturated rings. The number of rotatable bonds is 6. The van der Waals surface area contributed by atoms with Gasteiger partial charge < -0.3 is 4.90 Å². The molecule has 1 amide bonds. The summed E-state index contributed by atoms with van der Waals surface area (Å²) in [7, 11) is 0. The van der Waals surface area contributed by atoms with Gasteiger partial charge in [0.2, 0.25) is 0 Å². The van der Waals surface area contributed by atoms with Gasteiger partial charge in [0.25, 0.3) is 5.91 Å². The second-order valence-corrected chi connectivity index (χ2v) is 5.85. The second kappa shape index (κ2) is 6.28. The number of carbonyl (C=O) groups is 1. The summed E-state index contributed by atoms with van der Waals surface area (Å²) in [5.41, 5.74) is 2.11. The molecule has 1 aromatic rings. The van der Waals surface area contributed by atoms with Crippen molar-refractivity contribution in [2.24, 2.45) is 0 Å². The smallest absolute Gasteiger partial charge is 0.255 e. The summed E-state index contributed by atoms with van der Waals surface area (Å²) in [5, 5.41) is 0.236. The van der Waals surface area contributed by atoms with Crippen LogP contribution in [0, 0.1) is 0 Å². The number of thioether (sulfide) groups is 1. The number of hydrogen-bond donors (Lipinski definition) is 0. The molecule has 0 unspecified atom stereocenters. The Morgan fingerprint density at radius 3 is 2.72 bits per heavy atom. The first-order valence-electron chi connectivity index (χ1n) is 6.81. The molecule has 2 nitrogen and oxygen atoms in total. The molecule has 0 N–H and O–H groups in total. The van der Waals surface area contributed by atoms with E-state index in [-0.39, 0.29) is 11.3 Å². The van der Waals surface area contributed by atoms with Crippen molar-refractivity contribution in [2.75, 3.05) is 12.3 Å². The first-order chi connectivity index (χ1) is 8.79. The van der Waals surface area contributed by atoms with E-state index < -0.39 is 0 Å². The van der Waals surface area contributed by atoms with Gasteiger partial charge in [0.05, 0.1) is 0 Å². The summed E-state index contributed by atoms with van der Waals surface area (Å²) in [6, 6.07) is 8.06. The third-order valence-corrected chi connectivity index (χ3v) is 4.70. The monoisotopic (exact) mass is 263 g/mol. The molecule has 0 saturated carbocycles. The highest BCUT2D eigenvalue weighted by molar-refractivity contribution is 7.99. The summed E-state index contributed by atoms with van der Waals surface area (Å²) in [5.74, 6) is 1.32. The van der Waals surface area contributed by atoms with Gasteiger partial charge in [0.1, 0.15) is 5.37 Å². The van der Waals surface area contributed by atoms with Crippen molar-refractivity contribution in [1.29, 1.82) is 0 Å². The predicted octanol–water partition coefficient (Wildman–Crippen LogP) is 4.08. The van der Waals surface area contributed by atoms with Gasteiger partial charge in [-0.2, -0.15) is 0 Å². The highest BCUT2D eigenvalue weighted by Gasteiger charge is 2.35. The Morgan fingerprint density at radius 2 is 2.00 bits per heavy atom. The Labute approximate surface area is 114 Å². The first kappa shape index (κ1) is 13.5. The summed E-state index contributed by atoms with van der Waals surface area (Å²) < 4.78 is 0. The summed E-state index contributed by atoms with van der Waals surface area (Å²) >= 11 is 1.89. The van der Waals surface area contributed by atoms with E-state index in [0.29, 0.717) is 0 Å². The van der Waals surface area contributed by atoms with Gasteiger partial charge in [0.15, 0.2) is 0 Å². The third kappa shape index (κ3) is 2.56. The highest BCUT2D eigenvalue weighted by Crippen LogP contribution is 2.41. The van der Waals surface area contributed by atoms with E-state index in [1.165, 1.54) is 5.56 Å². The van der Waals surface area contributed by atoms with E-state index in [1.807, 2.05) is 30.0 Å². The lowest BCUT2D eigenvalue weighted by molar-refractivity contribution is 0.0771. The number of amides is 1. The van der Waals surface area contributed by atoms with Gasteiger partial charge in [-0.3, -0.25) is 4.79 Å². The molecule has 1 atom stereocenters. The maximum Gasteiger partial charge on any atom is 0.255 e. The lowest BCUT2D eigenvalue weighted by Gasteiger charge is -2.24. The van der Waals surface area contributed by atoms with Crippen LogP contribution in [0.5, 0.6) is 0 Å². The third-order valence-electron chi connectivity index (χ3n) is 3.23. The molecule has 1 aliphatic heterocycles. The molecule has 2 rings (SSSR count). The number of hydrogen-bond acceptors (Lipinski definition) is 2. The molecule has 18 heavy (non-hydrogen) atoms. The van der Waals surface area contributed by atoms with E-state index >= 15 is 0 Å². The topological polar surface area (TPSA) is 20.3 Å². The van der Waals surface area contributed by atoms with E-state index in [9.17, 15) is 4.79 Å². The van der Waals surface area contributed by atoms with Crippen molar-refractivity contribution < 1.29 is 4.79 Å². The largest absolute Gasteiger partial charge is 0.322 e. The molecule has 0 saturated heterocycles. The second-order valence-electron chi connectivity index (χ2n) is 4.66.